The summed E-state index contributed by atoms with van der Waals surface area (Å²) in [6, 6.07) is 8.26. The van der Waals surface area contributed by atoms with E-state index in [0.29, 0.717) is 11.1 Å². The molecule has 0 aliphatic carbocycles. The van der Waals surface area contributed by atoms with Crippen molar-refractivity contribution in [1.29, 1.82) is 5.26 Å². The van der Waals surface area contributed by atoms with Gasteiger partial charge in [-0.15, -0.1) is 0 Å². The van der Waals surface area contributed by atoms with Crippen molar-refractivity contribution in [3.63, 3.8) is 0 Å². The maximum absolute atomic E-state index is 11.4. The zero-order chi connectivity index (χ0) is 11.1. The van der Waals surface area contributed by atoms with E-state index in [0.717, 1.165) is 0 Å². The summed E-state index contributed by atoms with van der Waals surface area (Å²) in [7, 11) is 1.45. The highest BCUT2D eigenvalue weighted by Crippen LogP contribution is 2.03. The first-order chi connectivity index (χ1) is 7.27. The highest BCUT2D eigenvalue weighted by atomic mass is 16.8. The minimum absolute atomic E-state index is 0.0241. The van der Waals surface area contributed by atoms with Crippen LogP contribution in [0.1, 0.15) is 15.9 Å². The smallest absolute Gasteiger partial charge is 0.274 e. The number of carbonyl (C=O) groups excluding carboxylic acids is 1. The molecule has 1 N–H and O–H groups in total. The number of hydroxylamine groups is 1. The molecule has 0 atom stereocenters. The van der Waals surface area contributed by atoms with Crippen molar-refractivity contribution >= 4 is 5.91 Å². The van der Waals surface area contributed by atoms with Crippen LogP contribution in [0.2, 0.25) is 0 Å². The van der Waals surface area contributed by atoms with Crippen molar-refractivity contribution in [2.45, 2.75) is 0 Å². The fourth-order valence-electron chi connectivity index (χ4n) is 0.943. The fourth-order valence-corrected chi connectivity index (χ4v) is 0.943. The van der Waals surface area contributed by atoms with Crippen LogP contribution < -0.4 is 5.48 Å². The van der Waals surface area contributed by atoms with Crippen LogP contribution >= 0.6 is 0 Å². The van der Waals surface area contributed by atoms with E-state index in [1.165, 1.54) is 13.2 Å². The molecule has 0 aromatic heterocycles. The Labute approximate surface area is 87.2 Å². The number of rotatable bonds is 4. The minimum atomic E-state index is -0.413. The Bertz CT molecular complexity index is 384. The van der Waals surface area contributed by atoms with E-state index >= 15 is 0 Å². The second-order valence-electron chi connectivity index (χ2n) is 2.67. The van der Waals surface area contributed by atoms with Gasteiger partial charge in [0.2, 0.25) is 0 Å². The lowest BCUT2D eigenvalue weighted by atomic mass is 10.1. The van der Waals surface area contributed by atoms with E-state index in [4.69, 9.17) is 5.26 Å². The van der Waals surface area contributed by atoms with E-state index in [1.807, 2.05) is 6.07 Å². The molecule has 1 rings (SSSR count). The molecule has 0 fully saturated rings. The third-order valence-electron chi connectivity index (χ3n) is 1.60. The molecule has 5 nitrogen and oxygen atoms in total. The number of amides is 1. The number of carbonyl (C=O) groups is 1. The molecule has 0 aliphatic rings. The van der Waals surface area contributed by atoms with Crippen LogP contribution in [0.3, 0.4) is 0 Å². The van der Waals surface area contributed by atoms with Crippen LogP contribution in [0.25, 0.3) is 0 Å². The highest BCUT2D eigenvalue weighted by molar-refractivity contribution is 5.93. The summed E-state index contributed by atoms with van der Waals surface area (Å²) in [6.07, 6.45) is 0. The number of nitrogens with zero attached hydrogens (tertiary/aromatic N) is 1. The average Bonchev–Trinajstić information content (AvgIpc) is 2.29. The lowest BCUT2D eigenvalue weighted by Crippen LogP contribution is -2.24. The Hall–Kier alpha value is -1.90. The van der Waals surface area contributed by atoms with E-state index in [9.17, 15) is 4.79 Å². The van der Waals surface area contributed by atoms with Crippen molar-refractivity contribution < 1.29 is 14.4 Å². The zero-order valence-corrected chi connectivity index (χ0v) is 8.19. The Kier molecular flexibility index (Phi) is 4.29. The average molecular weight is 206 g/mol. The summed E-state index contributed by atoms with van der Waals surface area (Å²) >= 11 is 0. The molecule has 5 heteroatoms. The quantitative estimate of drug-likeness (QED) is 0.450. The van der Waals surface area contributed by atoms with Crippen LogP contribution in [0, 0.1) is 11.3 Å². The normalized spacial score (nSPS) is 9.33. The first-order valence-electron chi connectivity index (χ1n) is 4.19. The molecular weight excluding hydrogens is 196 g/mol. The molecule has 1 amide bonds. The summed E-state index contributed by atoms with van der Waals surface area (Å²) in [5.41, 5.74) is 2.97. The summed E-state index contributed by atoms with van der Waals surface area (Å²) < 4.78 is 4.58. The van der Waals surface area contributed by atoms with E-state index in [-0.39, 0.29) is 6.79 Å². The SMILES string of the molecule is COCONC(=O)c1cccc(C#N)c1. The number of nitrogens with one attached hydrogen (secondary N) is 1. The van der Waals surface area contributed by atoms with E-state index < -0.39 is 5.91 Å². The molecule has 0 radical (unpaired) electrons. The molecule has 0 saturated carbocycles. The number of ether oxygens (including phenoxy) is 1. The van der Waals surface area contributed by atoms with Gasteiger partial charge >= 0.3 is 0 Å². The Morgan fingerprint density at radius 1 is 1.60 bits per heavy atom. The maximum Gasteiger partial charge on any atom is 0.274 e. The molecule has 15 heavy (non-hydrogen) atoms. The van der Waals surface area contributed by atoms with Gasteiger partial charge in [0.15, 0.2) is 6.79 Å². The number of benzene rings is 1. The van der Waals surface area contributed by atoms with E-state index in [2.05, 4.69) is 15.1 Å². The lowest BCUT2D eigenvalue weighted by Gasteiger charge is -2.04. The van der Waals surface area contributed by atoms with Gasteiger partial charge in [0.05, 0.1) is 11.6 Å². The van der Waals surface area contributed by atoms with Gasteiger partial charge in [-0.2, -0.15) is 5.26 Å². The van der Waals surface area contributed by atoms with Crippen molar-refractivity contribution in [1.82, 2.24) is 5.48 Å². The molecule has 78 valence electrons. The van der Waals surface area contributed by atoms with Crippen LogP contribution in [0.5, 0.6) is 0 Å². The van der Waals surface area contributed by atoms with Gasteiger partial charge in [0, 0.05) is 12.7 Å². The predicted octanol–water partition coefficient (Wildman–Crippen LogP) is 0.824. The van der Waals surface area contributed by atoms with Crippen molar-refractivity contribution in [2.24, 2.45) is 0 Å². The molecule has 0 bridgehead atoms. The van der Waals surface area contributed by atoms with Gasteiger partial charge in [-0.3, -0.25) is 4.79 Å². The van der Waals surface area contributed by atoms with Crippen LogP contribution in [-0.4, -0.2) is 19.8 Å². The second kappa shape index (κ2) is 5.75. The number of methoxy groups -OCH3 is 1. The summed E-state index contributed by atoms with van der Waals surface area (Å²) in [4.78, 5) is 16.1. The molecule has 0 saturated heterocycles. The molecular formula is C10H10N2O3. The molecule has 0 heterocycles. The lowest BCUT2D eigenvalue weighted by molar-refractivity contribution is -0.0704. The highest BCUT2D eigenvalue weighted by Gasteiger charge is 2.05. The number of hydrogen-bond acceptors (Lipinski definition) is 4. The zero-order valence-electron chi connectivity index (χ0n) is 8.19. The largest absolute Gasteiger partial charge is 0.356 e. The standard InChI is InChI=1S/C10H10N2O3/c1-14-7-15-12-10(13)9-4-2-3-8(5-9)6-11/h2-5H,7H2,1H3,(H,12,13). The van der Waals surface area contributed by atoms with Crippen molar-refractivity contribution in [2.75, 3.05) is 13.9 Å². The number of hydrogen-bond donors (Lipinski definition) is 1. The topological polar surface area (TPSA) is 71.3 Å². The van der Waals surface area contributed by atoms with E-state index in [1.54, 1.807) is 18.2 Å². The monoisotopic (exact) mass is 206 g/mol. The van der Waals surface area contributed by atoms with Gasteiger partial charge in [-0.05, 0) is 18.2 Å². The van der Waals surface area contributed by atoms with Gasteiger partial charge in [0.25, 0.3) is 5.91 Å². The summed E-state index contributed by atoms with van der Waals surface area (Å²) in [5, 5.41) is 8.62. The van der Waals surface area contributed by atoms with Gasteiger partial charge in [0.1, 0.15) is 0 Å². The first-order valence-corrected chi connectivity index (χ1v) is 4.19. The molecule has 1 aromatic carbocycles. The van der Waals surface area contributed by atoms with Crippen LogP contribution in [0.4, 0.5) is 0 Å². The van der Waals surface area contributed by atoms with Gasteiger partial charge < -0.3 is 4.74 Å². The first kappa shape index (κ1) is 11.2. The Morgan fingerprint density at radius 2 is 2.40 bits per heavy atom. The minimum Gasteiger partial charge on any atom is -0.356 e. The van der Waals surface area contributed by atoms with Crippen molar-refractivity contribution in [3.8, 4) is 6.07 Å². The molecule has 1 aromatic rings. The maximum atomic E-state index is 11.4. The van der Waals surface area contributed by atoms with Crippen molar-refractivity contribution in [3.05, 3.63) is 35.4 Å². The van der Waals surface area contributed by atoms with Crippen LogP contribution in [-0.2, 0) is 9.57 Å². The molecule has 0 unspecified atom stereocenters. The number of nitriles is 1. The van der Waals surface area contributed by atoms with Crippen LogP contribution in [0.15, 0.2) is 24.3 Å². The Balaban J connectivity index is 2.62. The van der Waals surface area contributed by atoms with Gasteiger partial charge in [-0.1, -0.05) is 6.07 Å². The van der Waals surface area contributed by atoms with Gasteiger partial charge in [-0.25, -0.2) is 10.3 Å². The predicted molar refractivity (Wildman–Crippen MR) is 51.6 cm³/mol. The third-order valence-corrected chi connectivity index (χ3v) is 1.60. The second-order valence-corrected chi connectivity index (χ2v) is 2.67. The summed E-state index contributed by atoms with van der Waals surface area (Å²) in [6.45, 7) is -0.0241. The third kappa shape index (κ3) is 3.38. The Morgan fingerprint density at radius 3 is 3.07 bits per heavy atom. The summed E-state index contributed by atoms with van der Waals surface area (Å²) in [5.74, 6) is -0.413. The molecule has 0 aliphatic heterocycles. The molecule has 0 spiro atoms. The fraction of sp³-hybridized carbons (Fsp3) is 0.200.